The van der Waals surface area contributed by atoms with Crippen molar-refractivity contribution in [1.29, 1.82) is 0 Å². The Balaban J connectivity index is 1.44. The van der Waals surface area contributed by atoms with Crippen LogP contribution in [0.1, 0.15) is 32.6 Å². The fourth-order valence-corrected chi connectivity index (χ4v) is 2.47. The minimum absolute atomic E-state index is 0.171. The van der Waals surface area contributed by atoms with Crippen molar-refractivity contribution in [3.05, 3.63) is 0 Å². The summed E-state index contributed by atoms with van der Waals surface area (Å²) < 4.78 is 5.58. The molecule has 1 N–H and O–H groups in total. The van der Waals surface area contributed by atoms with Gasteiger partial charge < -0.3 is 9.64 Å². The van der Waals surface area contributed by atoms with Gasteiger partial charge in [0.05, 0.1) is 18.3 Å². The van der Waals surface area contributed by atoms with Crippen LogP contribution in [0.25, 0.3) is 0 Å². The van der Waals surface area contributed by atoms with E-state index in [4.69, 9.17) is 4.74 Å². The topological polar surface area (TPSA) is 41.6 Å². The van der Waals surface area contributed by atoms with Crippen molar-refractivity contribution in [3.8, 4) is 0 Å². The summed E-state index contributed by atoms with van der Waals surface area (Å²) in [7, 11) is 0. The Morgan fingerprint density at radius 2 is 2.25 bits per heavy atom. The van der Waals surface area contributed by atoms with E-state index in [1.807, 2.05) is 4.90 Å². The fourth-order valence-electron chi connectivity index (χ4n) is 2.47. The van der Waals surface area contributed by atoms with Crippen LogP contribution in [0.2, 0.25) is 0 Å². The minimum atomic E-state index is -0.171. The lowest BCUT2D eigenvalue weighted by molar-refractivity contribution is -0.131. The number of carbonyl (C=O) groups is 1. The minimum Gasteiger partial charge on any atom is -0.379 e. The number of hydrogen-bond donors (Lipinski definition) is 1. The van der Waals surface area contributed by atoms with Crippen molar-refractivity contribution in [2.45, 2.75) is 44.3 Å². The van der Waals surface area contributed by atoms with Crippen LogP contribution in [0.3, 0.4) is 0 Å². The Hall–Kier alpha value is -0.610. The summed E-state index contributed by atoms with van der Waals surface area (Å²) in [6, 6.07) is 0. The highest BCUT2D eigenvalue weighted by atomic mass is 16.5. The molecule has 4 heteroatoms. The van der Waals surface area contributed by atoms with Gasteiger partial charge in [-0.05, 0) is 38.5 Å². The first-order valence-electron chi connectivity index (χ1n) is 6.38. The van der Waals surface area contributed by atoms with Gasteiger partial charge in [0.15, 0.2) is 0 Å². The summed E-state index contributed by atoms with van der Waals surface area (Å²) >= 11 is 0. The number of carbonyl (C=O) groups excluding carboxylic acids is 1. The standard InChI is InChI=1S/C12H20N2O2/c1-9-13-12(4-5-12)11(15)14(9)6-7-16-8-10-2-3-10/h9-10,13H,2-8H2,1H3. The molecule has 1 unspecified atom stereocenters. The summed E-state index contributed by atoms with van der Waals surface area (Å²) in [5, 5.41) is 3.39. The van der Waals surface area contributed by atoms with Crippen LogP contribution in [0.4, 0.5) is 0 Å². The lowest BCUT2D eigenvalue weighted by atomic mass is 10.3. The van der Waals surface area contributed by atoms with Crippen molar-refractivity contribution in [2.75, 3.05) is 19.8 Å². The van der Waals surface area contributed by atoms with Crippen molar-refractivity contribution < 1.29 is 9.53 Å². The first-order chi connectivity index (χ1) is 7.71. The van der Waals surface area contributed by atoms with Crippen molar-refractivity contribution in [2.24, 2.45) is 5.92 Å². The van der Waals surface area contributed by atoms with Crippen LogP contribution < -0.4 is 5.32 Å². The Labute approximate surface area is 96.3 Å². The summed E-state index contributed by atoms with van der Waals surface area (Å²) in [5.41, 5.74) is -0.171. The van der Waals surface area contributed by atoms with Crippen LogP contribution in [-0.2, 0) is 9.53 Å². The SMILES string of the molecule is CC1NC2(CC2)C(=O)N1CCOCC1CC1. The Bertz CT molecular complexity index is 297. The molecule has 4 nitrogen and oxygen atoms in total. The third-order valence-electron chi connectivity index (χ3n) is 3.90. The molecule has 1 spiro atoms. The summed E-state index contributed by atoms with van der Waals surface area (Å²) in [6.07, 6.45) is 4.85. The molecule has 0 bridgehead atoms. The smallest absolute Gasteiger partial charge is 0.244 e. The van der Waals surface area contributed by atoms with Crippen molar-refractivity contribution >= 4 is 5.91 Å². The zero-order chi connectivity index (χ0) is 11.2. The number of hydrogen-bond acceptors (Lipinski definition) is 3. The van der Waals surface area contributed by atoms with Crippen LogP contribution in [0, 0.1) is 5.92 Å². The van der Waals surface area contributed by atoms with E-state index in [0.717, 1.165) is 31.9 Å². The van der Waals surface area contributed by atoms with Gasteiger partial charge in [0.1, 0.15) is 0 Å². The number of amides is 1. The van der Waals surface area contributed by atoms with E-state index in [2.05, 4.69) is 12.2 Å². The first-order valence-corrected chi connectivity index (χ1v) is 6.38. The largest absolute Gasteiger partial charge is 0.379 e. The maximum Gasteiger partial charge on any atom is 0.244 e. The average molecular weight is 224 g/mol. The molecule has 3 fully saturated rings. The quantitative estimate of drug-likeness (QED) is 0.700. The molecule has 2 aliphatic carbocycles. The van der Waals surface area contributed by atoms with E-state index in [0.29, 0.717) is 6.61 Å². The lowest BCUT2D eigenvalue weighted by Crippen LogP contribution is -2.37. The Morgan fingerprint density at radius 1 is 1.50 bits per heavy atom. The number of rotatable bonds is 5. The molecule has 1 atom stereocenters. The molecule has 0 radical (unpaired) electrons. The number of nitrogens with one attached hydrogen (secondary N) is 1. The van der Waals surface area contributed by atoms with Gasteiger partial charge in [-0.2, -0.15) is 0 Å². The molecule has 2 saturated carbocycles. The number of ether oxygens (including phenoxy) is 1. The molecule has 90 valence electrons. The zero-order valence-electron chi connectivity index (χ0n) is 9.87. The Kier molecular flexibility index (Phi) is 2.44. The van der Waals surface area contributed by atoms with E-state index in [1.54, 1.807) is 0 Å². The lowest BCUT2D eigenvalue weighted by Gasteiger charge is -2.20. The third-order valence-corrected chi connectivity index (χ3v) is 3.90. The maximum atomic E-state index is 12.0. The van der Waals surface area contributed by atoms with E-state index in [1.165, 1.54) is 12.8 Å². The molecule has 1 amide bonds. The van der Waals surface area contributed by atoms with Crippen LogP contribution in [-0.4, -0.2) is 42.3 Å². The second-order valence-electron chi connectivity index (χ2n) is 5.42. The van der Waals surface area contributed by atoms with Gasteiger partial charge in [-0.3, -0.25) is 10.1 Å². The molecule has 0 aromatic heterocycles. The second-order valence-corrected chi connectivity index (χ2v) is 5.42. The number of nitrogens with zero attached hydrogens (tertiary/aromatic N) is 1. The molecular weight excluding hydrogens is 204 g/mol. The van der Waals surface area contributed by atoms with E-state index in [9.17, 15) is 4.79 Å². The molecule has 1 saturated heterocycles. The molecule has 3 aliphatic rings. The highest BCUT2D eigenvalue weighted by Gasteiger charge is 2.57. The van der Waals surface area contributed by atoms with Crippen LogP contribution in [0.5, 0.6) is 0 Å². The predicted octanol–water partition coefficient (Wildman–Crippen LogP) is 0.723. The molecular formula is C12H20N2O2. The van der Waals surface area contributed by atoms with Gasteiger partial charge in [0.25, 0.3) is 0 Å². The van der Waals surface area contributed by atoms with Gasteiger partial charge in [-0.25, -0.2) is 0 Å². The molecule has 16 heavy (non-hydrogen) atoms. The maximum absolute atomic E-state index is 12.0. The second kappa shape index (κ2) is 3.70. The van der Waals surface area contributed by atoms with E-state index in [-0.39, 0.29) is 17.6 Å². The first kappa shape index (κ1) is 10.5. The Morgan fingerprint density at radius 3 is 2.81 bits per heavy atom. The monoisotopic (exact) mass is 224 g/mol. The summed E-state index contributed by atoms with van der Waals surface area (Å²) in [6.45, 7) is 4.37. The zero-order valence-corrected chi connectivity index (χ0v) is 9.87. The van der Waals surface area contributed by atoms with Gasteiger partial charge in [0, 0.05) is 13.2 Å². The van der Waals surface area contributed by atoms with Gasteiger partial charge in [-0.1, -0.05) is 0 Å². The third kappa shape index (κ3) is 1.84. The van der Waals surface area contributed by atoms with Gasteiger partial charge >= 0.3 is 0 Å². The normalized spacial score (nSPS) is 31.4. The van der Waals surface area contributed by atoms with Crippen LogP contribution >= 0.6 is 0 Å². The molecule has 1 aliphatic heterocycles. The van der Waals surface area contributed by atoms with Gasteiger partial charge in [-0.15, -0.1) is 0 Å². The summed E-state index contributed by atoms with van der Waals surface area (Å²) in [5.74, 6) is 1.09. The predicted molar refractivity (Wildman–Crippen MR) is 59.8 cm³/mol. The highest BCUT2D eigenvalue weighted by molar-refractivity contribution is 5.91. The highest BCUT2D eigenvalue weighted by Crippen LogP contribution is 2.41. The molecule has 0 aromatic rings. The van der Waals surface area contributed by atoms with Crippen molar-refractivity contribution in [1.82, 2.24) is 10.2 Å². The fraction of sp³-hybridized carbons (Fsp3) is 0.917. The molecule has 1 heterocycles. The van der Waals surface area contributed by atoms with Crippen molar-refractivity contribution in [3.63, 3.8) is 0 Å². The van der Waals surface area contributed by atoms with E-state index >= 15 is 0 Å². The van der Waals surface area contributed by atoms with Gasteiger partial charge in [0.2, 0.25) is 5.91 Å². The van der Waals surface area contributed by atoms with Crippen LogP contribution in [0.15, 0.2) is 0 Å². The average Bonchev–Trinajstić information content (AvgIpc) is 3.10. The van der Waals surface area contributed by atoms with E-state index < -0.39 is 0 Å². The molecule has 3 rings (SSSR count). The molecule has 0 aromatic carbocycles. The summed E-state index contributed by atoms with van der Waals surface area (Å²) in [4.78, 5) is 14.0.